The van der Waals surface area contributed by atoms with E-state index in [0.717, 1.165) is 37.0 Å². The van der Waals surface area contributed by atoms with Crippen LogP contribution in [0.1, 0.15) is 51.8 Å². The molecule has 1 rings (SSSR count). The van der Waals surface area contributed by atoms with Crippen LogP contribution in [0.4, 0.5) is 11.6 Å². The van der Waals surface area contributed by atoms with Crippen LogP contribution in [0.2, 0.25) is 0 Å². The number of rotatable bonds is 9. The lowest BCUT2D eigenvalue weighted by atomic mass is 10.2. The minimum absolute atomic E-state index is 0.812. The first-order valence-corrected chi connectivity index (χ1v) is 7.09. The van der Waals surface area contributed by atoms with Crippen molar-refractivity contribution < 1.29 is 0 Å². The van der Waals surface area contributed by atoms with Crippen molar-refractivity contribution in [2.45, 2.75) is 52.9 Å². The van der Waals surface area contributed by atoms with Gasteiger partial charge in [-0.1, -0.05) is 33.1 Å². The number of nitrogens with zero attached hydrogens (tertiary/aromatic N) is 2. The minimum atomic E-state index is 0.812. The van der Waals surface area contributed by atoms with E-state index in [4.69, 9.17) is 0 Å². The SMILES string of the molecule is CCCCCCNc1cc(NCCC)nc(C)n1. The van der Waals surface area contributed by atoms with Crippen molar-refractivity contribution >= 4 is 11.6 Å². The summed E-state index contributed by atoms with van der Waals surface area (Å²) in [4.78, 5) is 8.76. The van der Waals surface area contributed by atoms with Crippen LogP contribution in [0.3, 0.4) is 0 Å². The Morgan fingerprint density at radius 1 is 0.889 bits per heavy atom. The molecule has 0 aliphatic rings. The molecule has 0 unspecified atom stereocenters. The van der Waals surface area contributed by atoms with Gasteiger partial charge in [-0.05, 0) is 19.8 Å². The van der Waals surface area contributed by atoms with Gasteiger partial charge in [-0.25, -0.2) is 9.97 Å². The molecule has 4 nitrogen and oxygen atoms in total. The Morgan fingerprint density at radius 2 is 1.56 bits per heavy atom. The fourth-order valence-electron chi connectivity index (χ4n) is 1.77. The molecular weight excluding hydrogens is 224 g/mol. The highest BCUT2D eigenvalue weighted by Crippen LogP contribution is 2.11. The van der Waals surface area contributed by atoms with Gasteiger partial charge in [-0.2, -0.15) is 0 Å². The highest BCUT2D eigenvalue weighted by Gasteiger charge is 2.00. The van der Waals surface area contributed by atoms with Crippen LogP contribution in [0.25, 0.3) is 0 Å². The molecule has 0 fully saturated rings. The second-order valence-electron chi connectivity index (χ2n) is 4.60. The van der Waals surface area contributed by atoms with Crippen LogP contribution < -0.4 is 10.6 Å². The molecule has 102 valence electrons. The Hall–Kier alpha value is -1.32. The van der Waals surface area contributed by atoms with Gasteiger partial charge in [0.2, 0.25) is 0 Å². The average Bonchev–Trinajstić information content (AvgIpc) is 2.35. The maximum Gasteiger partial charge on any atom is 0.131 e. The summed E-state index contributed by atoms with van der Waals surface area (Å²) in [6, 6.07) is 1.99. The molecule has 0 aliphatic heterocycles. The fourth-order valence-corrected chi connectivity index (χ4v) is 1.77. The van der Waals surface area contributed by atoms with E-state index in [1.54, 1.807) is 0 Å². The molecule has 0 spiro atoms. The number of hydrogen-bond donors (Lipinski definition) is 2. The summed E-state index contributed by atoms with van der Waals surface area (Å²) < 4.78 is 0. The molecule has 0 bridgehead atoms. The highest BCUT2D eigenvalue weighted by molar-refractivity contribution is 5.47. The molecular formula is C14H26N4. The molecule has 2 N–H and O–H groups in total. The lowest BCUT2D eigenvalue weighted by Gasteiger charge is -2.09. The lowest BCUT2D eigenvalue weighted by molar-refractivity contribution is 0.684. The average molecular weight is 250 g/mol. The minimum Gasteiger partial charge on any atom is -0.370 e. The van der Waals surface area contributed by atoms with Gasteiger partial charge in [0, 0.05) is 19.2 Å². The van der Waals surface area contributed by atoms with E-state index in [-0.39, 0.29) is 0 Å². The molecule has 0 aliphatic carbocycles. The molecule has 1 aromatic heterocycles. The van der Waals surface area contributed by atoms with Crippen LogP contribution in [0.5, 0.6) is 0 Å². The lowest BCUT2D eigenvalue weighted by Crippen LogP contribution is -2.08. The standard InChI is InChI=1S/C14H26N4/c1-4-6-7-8-10-16-14-11-13(15-9-5-2)17-12(3)18-14/h11H,4-10H2,1-3H3,(H2,15,16,17,18). The zero-order chi connectivity index (χ0) is 13.2. The van der Waals surface area contributed by atoms with Crippen molar-refractivity contribution in [1.29, 1.82) is 0 Å². The zero-order valence-corrected chi connectivity index (χ0v) is 11.9. The van der Waals surface area contributed by atoms with Crippen LogP contribution >= 0.6 is 0 Å². The quantitative estimate of drug-likeness (QED) is 0.657. The highest BCUT2D eigenvalue weighted by atomic mass is 15.1. The number of aromatic nitrogens is 2. The topological polar surface area (TPSA) is 49.8 Å². The van der Waals surface area contributed by atoms with Crippen molar-refractivity contribution in [1.82, 2.24) is 9.97 Å². The van der Waals surface area contributed by atoms with E-state index >= 15 is 0 Å². The van der Waals surface area contributed by atoms with Crippen LogP contribution in [-0.2, 0) is 0 Å². The number of anilines is 2. The van der Waals surface area contributed by atoms with Gasteiger partial charge in [-0.3, -0.25) is 0 Å². The summed E-state index contributed by atoms with van der Waals surface area (Å²) in [7, 11) is 0. The maximum absolute atomic E-state index is 4.40. The Balaban J connectivity index is 2.41. The van der Waals surface area contributed by atoms with E-state index in [2.05, 4.69) is 34.4 Å². The summed E-state index contributed by atoms with van der Waals surface area (Å²) >= 11 is 0. The Morgan fingerprint density at radius 3 is 2.17 bits per heavy atom. The summed E-state index contributed by atoms with van der Waals surface area (Å²) in [6.07, 6.45) is 6.18. The Bertz CT molecular complexity index is 339. The van der Waals surface area contributed by atoms with Gasteiger partial charge in [0.25, 0.3) is 0 Å². The van der Waals surface area contributed by atoms with Crippen LogP contribution in [0, 0.1) is 6.92 Å². The third kappa shape index (κ3) is 5.84. The molecule has 0 atom stereocenters. The molecule has 4 heteroatoms. The summed E-state index contributed by atoms with van der Waals surface area (Å²) in [5.41, 5.74) is 0. The third-order valence-corrected chi connectivity index (χ3v) is 2.73. The van der Waals surface area contributed by atoms with Gasteiger partial charge >= 0.3 is 0 Å². The van der Waals surface area contributed by atoms with Gasteiger partial charge < -0.3 is 10.6 Å². The van der Waals surface area contributed by atoms with Crippen LogP contribution in [0.15, 0.2) is 6.07 Å². The molecule has 0 radical (unpaired) electrons. The van der Waals surface area contributed by atoms with Crippen molar-refractivity contribution in [3.63, 3.8) is 0 Å². The molecule has 1 aromatic rings. The van der Waals surface area contributed by atoms with Crippen molar-refractivity contribution in [3.8, 4) is 0 Å². The molecule has 0 amide bonds. The van der Waals surface area contributed by atoms with E-state index in [1.807, 2.05) is 13.0 Å². The normalized spacial score (nSPS) is 10.4. The Kier molecular flexibility index (Phi) is 7.14. The van der Waals surface area contributed by atoms with Crippen LogP contribution in [-0.4, -0.2) is 23.1 Å². The first-order valence-electron chi connectivity index (χ1n) is 7.09. The predicted octanol–water partition coefficient (Wildman–Crippen LogP) is 3.60. The monoisotopic (exact) mass is 250 g/mol. The summed E-state index contributed by atoms with van der Waals surface area (Å²) in [5, 5.41) is 6.67. The van der Waals surface area contributed by atoms with Gasteiger partial charge in [0.05, 0.1) is 0 Å². The van der Waals surface area contributed by atoms with Crippen molar-refractivity contribution in [2.24, 2.45) is 0 Å². The van der Waals surface area contributed by atoms with Crippen molar-refractivity contribution in [2.75, 3.05) is 23.7 Å². The Labute approximate surface area is 111 Å². The van der Waals surface area contributed by atoms with Crippen molar-refractivity contribution in [3.05, 3.63) is 11.9 Å². The second-order valence-corrected chi connectivity index (χ2v) is 4.60. The smallest absolute Gasteiger partial charge is 0.131 e. The number of hydrogen-bond acceptors (Lipinski definition) is 4. The summed E-state index contributed by atoms with van der Waals surface area (Å²) in [5.74, 6) is 2.66. The molecule has 0 aromatic carbocycles. The molecule has 0 saturated heterocycles. The summed E-state index contributed by atoms with van der Waals surface area (Å²) in [6.45, 7) is 8.25. The first-order chi connectivity index (χ1) is 8.76. The molecule has 1 heterocycles. The maximum atomic E-state index is 4.40. The van der Waals surface area contributed by atoms with E-state index in [9.17, 15) is 0 Å². The first kappa shape index (κ1) is 14.7. The number of unbranched alkanes of at least 4 members (excludes halogenated alkanes) is 3. The molecule has 0 saturated carbocycles. The second kappa shape index (κ2) is 8.72. The van der Waals surface area contributed by atoms with Gasteiger partial charge in [-0.15, -0.1) is 0 Å². The fraction of sp³-hybridized carbons (Fsp3) is 0.714. The molecule has 18 heavy (non-hydrogen) atoms. The number of nitrogens with one attached hydrogen (secondary N) is 2. The largest absolute Gasteiger partial charge is 0.370 e. The van der Waals surface area contributed by atoms with Gasteiger partial charge in [0.1, 0.15) is 17.5 Å². The number of aryl methyl sites for hydroxylation is 1. The van der Waals surface area contributed by atoms with Gasteiger partial charge in [0.15, 0.2) is 0 Å². The predicted molar refractivity (Wildman–Crippen MR) is 78.2 cm³/mol. The van der Waals surface area contributed by atoms with E-state index in [1.165, 1.54) is 25.7 Å². The zero-order valence-electron chi connectivity index (χ0n) is 11.9. The van der Waals surface area contributed by atoms with E-state index in [0.29, 0.717) is 0 Å². The third-order valence-electron chi connectivity index (χ3n) is 2.73. The van der Waals surface area contributed by atoms with E-state index < -0.39 is 0 Å².